The Bertz CT molecular complexity index is 1300. The third-order valence-corrected chi connectivity index (χ3v) is 6.29. The first-order valence-electron chi connectivity index (χ1n) is 9.92. The van der Waals surface area contributed by atoms with E-state index in [1.807, 2.05) is 0 Å². The van der Waals surface area contributed by atoms with Gasteiger partial charge >= 0.3 is 5.97 Å². The van der Waals surface area contributed by atoms with Crippen LogP contribution in [0.3, 0.4) is 0 Å². The number of para-hydroxylation sites is 1. The molecule has 0 amide bonds. The van der Waals surface area contributed by atoms with Gasteiger partial charge in [0.2, 0.25) is 0 Å². The van der Waals surface area contributed by atoms with Gasteiger partial charge in [-0.3, -0.25) is 19.7 Å². The molecule has 3 aromatic rings. The SMILES string of the molecule is O=C(O)C1CC(OCCOc2cc(Br)c([N+](=O)[O-])cc2-c2cc(=O)c3cccc(Cl)c3o2)C1. The lowest BCUT2D eigenvalue weighted by Gasteiger charge is -2.32. The van der Waals surface area contributed by atoms with E-state index in [9.17, 15) is 19.7 Å². The molecule has 4 rings (SSSR count). The number of rotatable bonds is 8. The zero-order valence-electron chi connectivity index (χ0n) is 17.0. The number of hydrogen-bond acceptors (Lipinski definition) is 7. The molecule has 33 heavy (non-hydrogen) atoms. The van der Waals surface area contributed by atoms with Gasteiger partial charge in [-0.25, -0.2) is 0 Å². The van der Waals surface area contributed by atoms with E-state index in [-0.39, 0.29) is 73.9 Å². The number of halogens is 2. The van der Waals surface area contributed by atoms with Crippen molar-refractivity contribution >= 4 is 50.2 Å². The zero-order valence-corrected chi connectivity index (χ0v) is 19.3. The van der Waals surface area contributed by atoms with Crippen LogP contribution in [-0.4, -0.2) is 35.3 Å². The standard InChI is InChI=1S/C22H17BrClNO8/c23-15-9-19(32-5-4-31-12-6-11(7-12)22(27)28)14(8-17(15)25(29)30)20-10-18(26)13-2-1-3-16(24)21(13)33-20/h1-3,8-12H,4-7H2,(H,27,28). The fraction of sp³-hybridized carbons (Fsp3) is 0.273. The van der Waals surface area contributed by atoms with Crippen molar-refractivity contribution in [2.24, 2.45) is 5.92 Å². The number of ether oxygens (including phenoxy) is 2. The topological polar surface area (TPSA) is 129 Å². The number of carbonyl (C=O) groups is 1. The number of fused-ring (bicyclic) bond motifs is 1. The van der Waals surface area contributed by atoms with Crippen molar-refractivity contribution in [2.45, 2.75) is 18.9 Å². The molecule has 1 heterocycles. The van der Waals surface area contributed by atoms with Gasteiger partial charge in [-0.05, 0) is 40.9 Å². The van der Waals surface area contributed by atoms with Gasteiger partial charge in [-0.1, -0.05) is 17.7 Å². The molecular weight excluding hydrogens is 522 g/mol. The van der Waals surface area contributed by atoms with E-state index in [0.717, 1.165) is 0 Å². The number of carboxylic acid groups (broad SMARTS) is 1. The van der Waals surface area contributed by atoms with Crippen molar-refractivity contribution in [3.8, 4) is 17.1 Å². The summed E-state index contributed by atoms with van der Waals surface area (Å²) >= 11 is 9.35. The van der Waals surface area contributed by atoms with Crippen LogP contribution in [0.4, 0.5) is 5.69 Å². The first kappa shape index (κ1) is 23.2. The van der Waals surface area contributed by atoms with Crippen LogP contribution >= 0.6 is 27.5 Å². The van der Waals surface area contributed by atoms with E-state index in [1.165, 1.54) is 18.2 Å². The third-order valence-electron chi connectivity index (χ3n) is 5.36. The summed E-state index contributed by atoms with van der Waals surface area (Å²) in [5, 5.41) is 20.9. The molecule has 11 heteroatoms. The Morgan fingerprint density at radius 3 is 2.73 bits per heavy atom. The first-order valence-corrected chi connectivity index (χ1v) is 11.1. The van der Waals surface area contributed by atoms with Crippen molar-refractivity contribution in [3.05, 3.63) is 66.2 Å². The molecule has 0 unspecified atom stereocenters. The minimum Gasteiger partial charge on any atom is -0.490 e. The second-order valence-corrected chi connectivity index (χ2v) is 8.76. The molecule has 0 bridgehead atoms. The van der Waals surface area contributed by atoms with Crippen LogP contribution in [0, 0.1) is 16.0 Å². The predicted octanol–water partition coefficient (Wildman–Crippen LogP) is 5.04. The van der Waals surface area contributed by atoms with Crippen LogP contribution in [0.2, 0.25) is 5.02 Å². The summed E-state index contributed by atoms with van der Waals surface area (Å²) in [5.41, 5.74) is -0.214. The van der Waals surface area contributed by atoms with Crippen LogP contribution in [0.1, 0.15) is 12.8 Å². The van der Waals surface area contributed by atoms with Crippen molar-refractivity contribution in [1.82, 2.24) is 0 Å². The monoisotopic (exact) mass is 537 g/mol. The molecule has 1 aliphatic rings. The largest absolute Gasteiger partial charge is 0.490 e. The molecule has 1 N–H and O–H groups in total. The fourth-order valence-electron chi connectivity index (χ4n) is 3.54. The molecule has 0 radical (unpaired) electrons. The molecule has 1 aliphatic carbocycles. The summed E-state index contributed by atoms with van der Waals surface area (Å²) in [6, 6.07) is 8.69. The number of hydrogen-bond donors (Lipinski definition) is 1. The van der Waals surface area contributed by atoms with Gasteiger partial charge < -0.3 is 19.0 Å². The molecule has 172 valence electrons. The fourth-order valence-corrected chi connectivity index (χ4v) is 4.22. The van der Waals surface area contributed by atoms with Gasteiger partial charge in [0, 0.05) is 18.2 Å². The zero-order chi connectivity index (χ0) is 23.7. The highest BCUT2D eigenvalue weighted by Gasteiger charge is 2.35. The lowest BCUT2D eigenvalue weighted by Crippen LogP contribution is -2.37. The van der Waals surface area contributed by atoms with Gasteiger partial charge in [0.1, 0.15) is 18.1 Å². The summed E-state index contributed by atoms with van der Waals surface area (Å²) in [6.07, 6.45) is 0.762. The van der Waals surface area contributed by atoms with Gasteiger partial charge in [0.05, 0.1) is 44.0 Å². The maximum Gasteiger partial charge on any atom is 0.306 e. The van der Waals surface area contributed by atoms with Gasteiger partial charge in [-0.2, -0.15) is 0 Å². The van der Waals surface area contributed by atoms with Crippen LogP contribution < -0.4 is 10.2 Å². The number of nitro groups is 1. The quantitative estimate of drug-likeness (QED) is 0.240. The first-order chi connectivity index (χ1) is 15.7. The Kier molecular flexibility index (Phi) is 6.68. The highest BCUT2D eigenvalue weighted by atomic mass is 79.9. The van der Waals surface area contributed by atoms with Crippen molar-refractivity contribution in [3.63, 3.8) is 0 Å². The molecular formula is C22H17BrClNO8. The van der Waals surface area contributed by atoms with Crippen LogP contribution in [-0.2, 0) is 9.53 Å². The Balaban J connectivity index is 1.60. The maximum absolute atomic E-state index is 12.6. The maximum atomic E-state index is 12.6. The van der Waals surface area contributed by atoms with E-state index in [2.05, 4.69) is 15.9 Å². The summed E-state index contributed by atoms with van der Waals surface area (Å²) in [5.74, 6) is -0.905. The van der Waals surface area contributed by atoms with Crippen molar-refractivity contribution in [2.75, 3.05) is 13.2 Å². The summed E-state index contributed by atoms with van der Waals surface area (Å²) in [7, 11) is 0. The summed E-state index contributed by atoms with van der Waals surface area (Å²) < 4.78 is 17.4. The second kappa shape index (κ2) is 9.50. The average molecular weight is 539 g/mol. The number of benzene rings is 2. The molecule has 0 saturated heterocycles. The lowest BCUT2D eigenvalue weighted by atomic mass is 9.82. The van der Waals surface area contributed by atoms with Crippen molar-refractivity contribution < 1.29 is 28.7 Å². The molecule has 0 aliphatic heterocycles. The molecule has 1 fully saturated rings. The molecule has 2 aromatic carbocycles. The smallest absolute Gasteiger partial charge is 0.306 e. The molecule has 1 saturated carbocycles. The van der Waals surface area contributed by atoms with E-state index in [0.29, 0.717) is 12.8 Å². The van der Waals surface area contributed by atoms with E-state index in [4.69, 9.17) is 30.6 Å². The van der Waals surface area contributed by atoms with Gasteiger partial charge in [0.25, 0.3) is 5.69 Å². The molecule has 0 spiro atoms. The average Bonchev–Trinajstić information content (AvgIpc) is 2.72. The number of carboxylic acids is 1. The van der Waals surface area contributed by atoms with E-state index in [1.54, 1.807) is 18.2 Å². The van der Waals surface area contributed by atoms with Gasteiger partial charge in [0.15, 0.2) is 11.0 Å². The van der Waals surface area contributed by atoms with E-state index < -0.39 is 10.9 Å². The minimum absolute atomic E-state index is 0.0652. The molecule has 1 aromatic heterocycles. The number of nitrogens with zero attached hydrogens (tertiary/aromatic N) is 1. The Hall–Kier alpha value is -2.95. The Morgan fingerprint density at radius 1 is 1.27 bits per heavy atom. The van der Waals surface area contributed by atoms with Crippen LogP contribution in [0.25, 0.3) is 22.3 Å². The number of nitro benzene ring substituents is 1. The third kappa shape index (κ3) is 4.87. The highest BCUT2D eigenvalue weighted by Crippen LogP contribution is 2.39. The molecule has 9 nitrogen and oxygen atoms in total. The lowest BCUT2D eigenvalue weighted by molar-refractivity contribution is -0.385. The minimum atomic E-state index is -0.830. The Morgan fingerprint density at radius 2 is 2.03 bits per heavy atom. The van der Waals surface area contributed by atoms with Crippen LogP contribution in [0.15, 0.2) is 50.1 Å². The normalized spacial score (nSPS) is 17.5. The molecule has 0 atom stereocenters. The number of aliphatic carboxylic acids is 1. The van der Waals surface area contributed by atoms with Gasteiger partial charge in [-0.15, -0.1) is 0 Å². The van der Waals surface area contributed by atoms with E-state index >= 15 is 0 Å². The summed E-state index contributed by atoms with van der Waals surface area (Å²) in [6.45, 7) is 0.294. The van der Waals surface area contributed by atoms with Crippen LogP contribution in [0.5, 0.6) is 5.75 Å². The second-order valence-electron chi connectivity index (χ2n) is 7.50. The predicted molar refractivity (Wildman–Crippen MR) is 123 cm³/mol. The Labute approximate surface area is 200 Å². The summed E-state index contributed by atoms with van der Waals surface area (Å²) in [4.78, 5) is 34.4. The highest BCUT2D eigenvalue weighted by molar-refractivity contribution is 9.10. The van der Waals surface area contributed by atoms with Crippen molar-refractivity contribution in [1.29, 1.82) is 0 Å².